The molecule has 1 aromatic rings. The first-order chi connectivity index (χ1) is 9.31. The molecule has 0 saturated carbocycles. The smallest absolute Gasteiger partial charge is 0.0713 e. The summed E-state index contributed by atoms with van der Waals surface area (Å²) in [6, 6.07) is 8.81. The lowest BCUT2D eigenvalue weighted by atomic mass is 9.97. The molecule has 2 rings (SSSR count). The Balaban J connectivity index is 1.85. The third-order valence-electron chi connectivity index (χ3n) is 3.84. The molecule has 1 fully saturated rings. The van der Waals surface area contributed by atoms with Crippen LogP contribution in [0.15, 0.2) is 24.3 Å². The molecule has 1 atom stereocenters. The normalized spacial score (nSPS) is 20.6. The van der Waals surface area contributed by atoms with Gasteiger partial charge in [-0.15, -0.1) is 0 Å². The van der Waals surface area contributed by atoms with Crippen molar-refractivity contribution in [3.05, 3.63) is 35.4 Å². The van der Waals surface area contributed by atoms with E-state index in [2.05, 4.69) is 34.5 Å². The summed E-state index contributed by atoms with van der Waals surface area (Å²) in [5.41, 5.74) is 2.66. The molecule has 1 saturated heterocycles. The van der Waals surface area contributed by atoms with E-state index < -0.39 is 0 Å². The van der Waals surface area contributed by atoms with E-state index >= 15 is 0 Å². The lowest BCUT2D eigenvalue weighted by Crippen LogP contribution is -2.38. The minimum Gasteiger partial charge on any atom is -0.380 e. The van der Waals surface area contributed by atoms with Gasteiger partial charge in [-0.2, -0.15) is 0 Å². The highest BCUT2D eigenvalue weighted by Gasteiger charge is 2.19. The van der Waals surface area contributed by atoms with Crippen LogP contribution < -0.4 is 5.32 Å². The Morgan fingerprint density at radius 2 is 2.00 bits per heavy atom. The fourth-order valence-corrected chi connectivity index (χ4v) is 2.92. The molecule has 1 N–H and O–H groups in total. The van der Waals surface area contributed by atoms with E-state index in [1.54, 1.807) is 7.11 Å². The Morgan fingerprint density at radius 1 is 1.26 bits per heavy atom. The molecule has 0 aliphatic carbocycles. The second kappa shape index (κ2) is 7.63. The Morgan fingerprint density at radius 3 is 2.68 bits per heavy atom. The van der Waals surface area contributed by atoms with Gasteiger partial charge in [-0.3, -0.25) is 4.90 Å². The molecule has 0 aromatic heterocycles. The highest BCUT2D eigenvalue weighted by molar-refractivity contribution is 5.22. The van der Waals surface area contributed by atoms with E-state index in [1.165, 1.54) is 37.1 Å². The topological polar surface area (TPSA) is 24.5 Å². The third kappa shape index (κ3) is 4.60. The molecule has 0 radical (unpaired) electrons. The largest absolute Gasteiger partial charge is 0.380 e. The van der Waals surface area contributed by atoms with Gasteiger partial charge in [0.1, 0.15) is 0 Å². The Kier molecular flexibility index (Phi) is 5.83. The van der Waals surface area contributed by atoms with Crippen LogP contribution in [-0.2, 0) is 17.9 Å². The number of nitrogens with zero attached hydrogens (tertiary/aromatic N) is 1. The lowest BCUT2D eigenvalue weighted by molar-refractivity contribution is 0.166. The summed E-state index contributed by atoms with van der Waals surface area (Å²) in [5.74, 6) is 0.812. The minimum atomic E-state index is 0.703. The predicted molar refractivity (Wildman–Crippen MR) is 79.1 cm³/mol. The third-order valence-corrected chi connectivity index (χ3v) is 3.84. The zero-order valence-electron chi connectivity index (χ0n) is 12.2. The highest BCUT2D eigenvalue weighted by Crippen LogP contribution is 2.18. The molecule has 1 unspecified atom stereocenters. The van der Waals surface area contributed by atoms with Crippen LogP contribution in [0.25, 0.3) is 0 Å². The average Bonchev–Trinajstić information content (AvgIpc) is 2.42. The first kappa shape index (κ1) is 14.5. The fraction of sp³-hybridized carbons (Fsp3) is 0.625. The van der Waals surface area contributed by atoms with Gasteiger partial charge >= 0.3 is 0 Å². The molecular weight excluding hydrogens is 236 g/mol. The van der Waals surface area contributed by atoms with E-state index in [0.717, 1.165) is 19.0 Å². The van der Waals surface area contributed by atoms with E-state index in [4.69, 9.17) is 4.74 Å². The van der Waals surface area contributed by atoms with Crippen molar-refractivity contribution < 1.29 is 4.74 Å². The van der Waals surface area contributed by atoms with Crippen LogP contribution in [0.5, 0.6) is 0 Å². The number of ether oxygens (including phenoxy) is 1. The van der Waals surface area contributed by atoms with Crippen molar-refractivity contribution in [3.63, 3.8) is 0 Å². The van der Waals surface area contributed by atoms with Crippen LogP contribution in [-0.4, -0.2) is 38.7 Å². The number of hydrogen-bond acceptors (Lipinski definition) is 3. The summed E-state index contributed by atoms with van der Waals surface area (Å²) in [4.78, 5) is 2.58. The van der Waals surface area contributed by atoms with Crippen molar-refractivity contribution in [2.24, 2.45) is 5.92 Å². The average molecular weight is 262 g/mol. The molecule has 3 nitrogen and oxygen atoms in total. The Bertz CT molecular complexity index is 362. The van der Waals surface area contributed by atoms with Crippen LogP contribution >= 0.6 is 0 Å². The Labute approximate surface area is 116 Å². The maximum Gasteiger partial charge on any atom is 0.0713 e. The summed E-state index contributed by atoms with van der Waals surface area (Å²) in [5, 5.41) is 3.30. The first-order valence-electron chi connectivity index (χ1n) is 7.25. The highest BCUT2D eigenvalue weighted by atomic mass is 16.5. The maximum atomic E-state index is 5.14. The zero-order chi connectivity index (χ0) is 13.5. The predicted octanol–water partition coefficient (Wildman–Crippen LogP) is 2.26. The molecule has 1 heterocycles. The molecule has 19 heavy (non-hydrogen) atoms. The SMILES string of the molecule is CNCC1CCCN(Cc2ccc(COC)cc2)C1. The van der Waals surface area contributed by atoms with Crippen molar-refractivity contribution in [2.75, 3.05) is 33.8 Å². The molecule has 0 spiro atoms. The van der Waals surface area contributed by atoms with E-state index in [1.807, 2.05) is 7.05 Å². The minimum absolute atomic E-state index is 0.703. The molecule has 0 bridgehead atoms. The van der Waals surface area contributed by atoms with Crippen LogP contribution in [0.1, 0.15) is 24.0 Å². The second-order valence-electron chi connectivity index (χ2n) is 5.55. The van der Waals surface area contributed by atoms with Crippen molar-refractivity contribution in [2.45, 2.75) is 26.0 Å². The fourth-order valence-electron chi connectivity index (χ4n) is 2.92. The van der Waals surface area contributed by atoms with Crippen LogP contribution in [0, 0.1) is 5.92 Å². The monoisotopic (exact) mass is 262 g/mol. The van der Waals surface area contributed by atoms with Gasteiger partial charge in [0.05, 0.1) is 6.61 Å². The van der Waals surface area contributed by atoms with Gasteiger partial charge in [-0.25, -0.2) is 0 Å². The number of likely N-dealkylation sites (tertiary alicyclic amines) is 1. The number of nitrogens with one attached hydrogen (secondary N) is 1. The van der Waals surface area contributed by atoms with Gasteiger partial charge in [-0.05, 0) is 50.0 Å². The molecule has 1 aromatic carbocycles. The standard InChI is InChI=1S/C16H26N2O/c1-17-10-16-4-3-9-18(12-16)11-14-5-7-15(8-6-14)13-19-2/h5-8,16-17H,3-4,9-13H2,1-2H3. The number of hydrogen-bond donors (Lipinski definition) is 1. The molecule has 106 valence electrons. The quantitative estimate of drug-likeness (QED) is 0.851. The molecule has 0 amide bonds. The number of benzene rings is 1. The number of rotatable bonds is 6. The lowest BCUT2D eigenvalue weighted by Gasteiger charge is -2.32. The van der Waals surface area contributed by atoms with Crippen molar-refractivity contribution >= 4 is 0 Å². The van der Waals surface area contributed by atoms with Crippen molar-refractivity contribution in [1.82, 2.24) is 10.2 Å². The van der Waals surface area contributed by atoms with Crippen molar-refractivity contribution in [3.8, 4) is 0 Å². The van der Waals surface area contributed by atoms with E-state index in [0.29, 0.717) is 6.61 Å². The number of methoxy groups -OCH3 is 1. The maximum absolute atomic E-state index is 5.14. The Hall–Kier alpha value is -0.900. The summed E-state index contributed by atoms with van der Waals surface area (Å²) >= 11 is 0. The van der Waals surface area contributed by atoms with E-state index in [9.17, 15) is 0 Å². The van der Waals surface area contributed by atoms with Crippen LogP contribution in [0.3, 0.4) is 0 Å². The number of piperidine rings is 1. The summed E-state index contributed by atoms with van der Waals surface area (Å²) < 4.78 is 5.14. The van der Waals surface area contributed by atoms with Crippen LogP contribution in [0.4, 0.5) is 0 Å². The van der Waals surface area contributed by atoms with E-state index in [-0.39, 0.29) is 0 Å². The van der Waals surface area contributed by atoms with Crippen LogP contribution in [0.2, 0.25) is 0 Å². The molecular formula is C16H26N2O. The summed E-state index contributed by atoms with van der Waals surface area (Å²) in [7, 11) is 3.79. The van der Waals surface area contributed by atoms with Crippen molar-refractivity contribution in [1.29, 1.82) is 0 Å². The zero-order valence-corrected chi connectivity index (χ0v) is 12.2. The van der Waals surface area contributed by atoms with Gasteiger partial charge in [0.2, 0.25) is 0 Å². The van der Waals surface area contributed by atoms with Gasteiger partial charge in [-0.1, -0.05) is 24.3 Å². The van der Waals surface area contributed by atoms with Gasteiger partial charge in [0.25, 0.3) is 0 Å². The first-order valence-corrected chi connectivity index (χ1v) is 7.25. The van der Waals surface area contributed by atoms with Gasteiger partial charge < -0.3 is 10.1 Å². The van der Waals surface area contributed by atoms with Gasteiger partial charge in [0.15, 0.2) is 0 Å². The molecule has 1 aliphatic heterocycles. The summed E-state index contributed by atoms with van der Waals surface area (Å²) in [6.07, 6.45) is 2.69. The molecule has 1 aliphatic rings. The van der Waals surface area contributed by atoms with Gasteiger partial charge in [0, 0.05) is 20.2 Å². The molecule has 3 heteroatoms. The second-order valence-corrected chi connectivity index (χ2v) is 5.55. The summed E-state index contributed by atoms with van der Waals surface area (Å²) in [6.45, 7) is 5.38.